The highest BCUT2D eigenvalue weighted by Crippen LogP contribution is 2.30. The van der Waals surface area contributed by atoms with Crippen molar-refractivity contribution in [3.05, 3.63) is 56.7 Å². The topological polar surface area (TPSA) is 20.2 Å². The third-order valence-electron chi connectivity index (χ3n) is 2.60. The van der Waals surface area contributed by atoms with E-state index in [4.69, 9.17) is 11.6 Å². The van der Waals surface area contributed by atoms with Crippen LogP contribution >= 0.6 is 22.9 Å². The summed E-state index contributed by atoms with van der Waals surface area (Å²) < 4.78 is 0. The highest BCUT2D eigenvalue weighted by atomic mass is 35.5. The first-order valence-corrected chi connectivity index (χ1v) is 6.48. The molecule has 0 fully saturated rings. The molecule has 1 atom stereocenters. The van der Waals surface area contributed by atoms with Gasteiger partial charge in [0.1, 0.15) is 6.10 Å². The fraction of sp³-hybridized carbons (Fsp3) is 0.231. The van der Waals surface area contributed by atoms with Crippen molar-refractivity contribution in [3.8, 4) is 0 Å². The van der Waals surface area contributed by atoms with Gasteiger partial charge in [-0.15, -0.1) is 11.3 Å². The summed E-state index contributed by atoms with van der Waals surface area (Å²) in [4.78, 5) is 1.03. The summed E-state index contributed by atoms with van der Waals surface area (Å²) in [5.41, 5.74) is 2.11. The molecular weight excluding hydrogens is 240 g/mol. The SMILES string of the molecule is CCc1ccsc1C(O)c1ccc(Cl)cc1. The van der Waals surface area contributed by atoms with Crippen LogP contribution in [-0.4, -0.2) is 5.11 Å². The molecule has 0 aliphatic rings. The molecule has 0 bridgehead atoms. The number of aliphatic hydroxyl groups excluding tert-OH is 1. The minimum absolute atomic E-state index is 0.535. The predicted molar refractivity (Wildman–Crippen MR) is 69.2 cm³/mol. The van der Waals surface area contributed by atoms with Crippen LogP contribution < -0.4 is 0 Å². The Bertz CT molecular complexity index is 461. The molecule has 2 aromatic rings. The average Bonchev–Trinajstić information content (AvgIpc) is 2.77. The van der Waals surface area contributed by atoms with Crippen molar-refractivity contribution in [1.82, 2.24) is 0 Å². The van der Waals surface area contributed by atoms with Crippen molar-refractivity contribution < 1.29 is 5.11 Å². The van der Waals surface area contributed by atoms with Gasteiger partial charge in [0.2, 0.25) is 0 Å². The monoisotopic (exact) mass is 252 g/mol. The third kappa shape index (κ3) is 2.29. The number of benzene rings is 1. The summed E-state index contributed by atoms with van der Waals surface area (Å²) in [6, 6.07) is 9.41. The van der Waals surface area contributed by atoms with Crippen LogP contribution in [0.15, 0.2) is 35.7 Å². The Morgan fingerprint density at radius 1 is 1.25 bits per heavy atom. The summed E-state index contributed by atoms with van der Waals surface area (Å²) in [7, 11) is 0. The van der Waals surface area contributed by atoms with Crippen LogP contribution in [0.3, 0.4) is 0 Å². The van der Waals surface area contributed by atoms with Crippen molar-refractivity contribution in [2.24, 2.45) is 0 Å². The molecular formula is C13H13ClOS. The van der Waals surface area contributed by atoms with Crippen molar-refractivity contribution in [1.29, 1.82) is 0 Å². The average molecular weight is 253 g/mol. The zero-order valence-corrected chi connectivity index (χ0v) is 10.6. The van der Waals surface area contributed by atoms with Gasteiger partial charge in [0.15, 0.2) is 0 Å². The molecule has 1 aromatic carbocycles. The van der Waals surface area contributed by atoms with Crippen molar-refractivity contribution >= 4 is 22.9 Å². The Kier molecular flexibility index (Phi) is 3.64. The molecule has 1 nitrogen and oxygen atoms in total. The van der Waals surface area contributed by atoms with Gasteiger partial charge in [-0.1, -0.05) is 30.7 Å². The van der Waals surface area contributed by atoms with Gasteiger partial charge in [-0.2, -0.15) is 0 Å². The van der Waals surface area contributed by atoms with Gasteiger partial charge in [0.05, 0.1) is 0 Å². The van der Waals surface area contributed by atoms with E-state index in [1.54, 1.807) is 23.5 Å². The Morgan fingerprint density at radius 3 is 2.56 bits per heavy atom. The van der Waals surface area contributed by atoms with Crippen molar-refractivity contribution in [2.75, 3.05) is 0 Å². The summed E-state index contributed by atoms with van der Waals surface area (Å²) in [6.07, 6.45) is 0.413. The summed E-state index contributed by atoms with van der Waals surface area (Å²) in [5, 5.41) is 13.0. The van der Waals surface area contributed by atoms with Gasteiger partial charge in [-0.25, -0.2) is 0 Å². The molecule has 0 aliphatic heterocycles. The Balaban J connectivity index is 2.31. The molecule has 0 saturated heterocycles. The quantitative estimate of drug-likeness (QED) is 0.874. The van der Waals surface area contributed by atoms with Crippen molar-refractivity contribution in [3.63, 3.8) is 0 Å². The summed E-state index contributed by atoms with van der Waals surface area (Å²) >= 11 is 7.42. The van der Waals surface area contributed by atoms with Crippen LogP contribution in [-0.2, 0) is 6.42 Å². The van der Waals surface area contributed by atoms with Crippen molar-refractivity contribution in [2.45, 2.75) is 19.4 Å². The molecule has 84 valence electrons. The van der Waals surface area contributed by atoms with E-state index in [1.807, 2.05) is 17.5 Å². The van der Waals surface area contributed by atoms with Gasteiger partial charge in [0, 0.05) is 9.90 Å². The fourth-order valence-electron chi connectivity index (χ4n) is 1.68. The number of hydrogen-bond donors (Lipinski definition) is 1. The van der Waals surface area contributed by atoms with Crippen LogP contribution in [0.2, 0.25) is 5.02 Å². The van der Waals surface area contributed by atoms with Crippen LogP contribution in [0.5, 0.6) is 0 Å². The molecule has 1 heterocycles. The van der Waals surface area contributed by atoms with E-state index in [0.717, 1.165) is 16.9 Å². The van der Waals surface area contributed by atoms with Crippen LogP contribution in [0.25, 0.3) is 0 Å². The van der Waals surface area contributed by atoms with E-state index in [2.05, 4.69) is 13.0 Å². The van der Waals surface area contributed by atoms with Gasteiger partial charge >= 0.3 is 0 Å². The number of rotatable bonds is 3. The Hall–Kier alpha value is -0.830. The Morgan fingerprint density at radius 2 is 1.94 bits per heavy atom. The molecule has 3 heteroatoms. The number of aliphatic hydroxyl groups is 1. The van der Waals surface area contributed by atoms with E-state index in [0.29, 0.717) is 5.02 Å². The van der Waals surface area contributed by atoms with E-state index in [1.165, 1.54) is 5.56 Å². The number of hydrogen-bond acceptors (Lipinski definition) is 2. The molecule has 0 amide bonds. The maximum atomic E-state index is 10.3. The predicted octanol–water partition coefficient (Wildman–Crippen LogP) is 4.05. The normalized spacial score (nSPS) is 12.7. The molecule has 1 aromatic heterocycles. The standard InChI is InChI=1S/C13H13ClOS/c1-2-9-7-8-16-13(9)12(15)10-3-5-11(14)6-4-10/h3-8,12,15H,2H2,1H3. The van der Waals surface area contributed by atoms with E-state index in [9.17, 15) is 5.11 Å². The smallest absolute Gasteiger partial charge is 0.113 e. The molecule has 0 saturated carbocycles. The number of thiophene rings is 1. The highest BCUT2D eigenvalue weighted by molar-refractivity contribution is 7.10. The van der Waals surface area contributed by atoms with E-state index < -0.39 is 6.10 Å². The lowest BCUT2D eigenvalue weighted by Gasteiger charge is -2.11. The molecule has 16 heavy (non-hydrogen) atoms. The lowest BCUT2D eigenvalue weighted by molar-refractivity contribution is 0.223. The first kappa shape index (κ1) is 11.6. The minimum atomic E-state index is -0.535. The molecule has 0 spiro atoms. The largest absolute Gasteiger partial charge is 0.383 e. The van der Waals surface area contributed by atoms with Gasteiger partial charge < -0.3 is 5.11 Å². The molecule has 2 rings (SSSR count). The van der Waals surface area contributed by atoms with Gasteiger partial charge in [-0.05, 0) is 41.1 Å². The first-order valence-electron chi connectivity index (χ1n) is 5.22. The molecule has 1 N–H and O–H groups in total. The molecule has 0 aliphatic carbocycles. The van der Waals surface area contributed by atoms with E-state index >= 15 is 0 Å². The van der Waals surface area contributed by atoms with Crippen LogP contribution in [0.1, 0.15) is 29.0 Å². The lowest BCUT2D eigenvalue weighted by atomic mass is 10.0. The number of halogens is 1. The molecule has 1 unspecified atom stereocenters. The second kappa shape index (κ2) is 5.00. The molecule has 0 radical (unpaired) electrons. The second-order valence-corrected chi connectivity index (χ2v) is 5.00. The summed E-state index contributed by atoms with van der Waals surface area (Å²) in [5.74, 6) is 0. The minimum Gasteiger partial charge on any atom is -0.383 e. The lowest BCUT2D eigenvalue weighted by Crippen LogP contribution is -1.99. The maximum Gasteiger partial charge on any atom is 0.113 e. The third-order valence-corrected chi connectivity index (χ3v) is 3.86. The van der Waals surface area contributed by atoms with Crippen LogP contribution in [0.4, 0.5) is 0 Å². The number of aryl methyl sites for hydroxylation is 1. The first-order chi connectivity index (χ1) is 7.72. The zero-order valence-electron chi connectivity index (χ0n) is 8.98. The maximum absolute atomic E-state index is 10.3. The van der Waals surface area contributed by atoms with E-state index in [-0.39, 0.29) is 0 Å². The van der Waals surface area contributed by atoms with Crippen LogP contribution in [0, 0.1) is 0 Å². The second-order valence-electron chi connectivity index (χ2n) is 3.62. The Labute approximate surface area is 104 Å². The highest BCUT2D eigenvalue weighted by Gasteiger charge is 2.14. The van der Waals surface area contributed by atoms with Gasteiger partial charge in [0.25, 0.3) is 0 Å². The fourth-order valence-corrected chi connectivity index (χ4v) is 2.81. The zero-order chi connectivity index (χ0) is 11.5. The van der Waals surface area contributed by atoms with Gasteiger partial charge in [-0.3, -0.25) is 0 Å². The summed E-state index contributed by atoms with van der Waals surface area (Å²) in [6.45, 7) is 2.10.